The van der Waals surface area contributed by atoms with Crippen LogP contribution in [-0.2, 0) is 6.42 Å². The Morgan fingerprint density at radius 3 is 2.80 bits per heavy atom. The highest BCUT2D eigenvalue weighted by Crippen LogP contribution is 2.49. The van der Waals surface area contributed by atoms with Crippen molar-refractivity contribution in [3.8, 4) is 5.75 Å². The fourth-order valence-electron chi connectivity index (χ4n) is 3.88. The number of ether oxygens (including phenoxy) is 1. The van der Waals surface area contributed by atoms with Gasteiger partial charge in [0.1, 0.15) is 5.75 Å². The Kier molecular flexibility index (Phi) is 3.43. The van der Waals surface area contributed by atoms with Crippen LogP contribution in [0.5, 0.6) is 5.75 Å². The van der Waals surface area contributed by atoms with Gasteiger partial charge in [-0.3, -0.25) is 0 Å². The number of hydrogen-bond acceptors (Lipinski definition) is 2. The molecule has 1 unspecified atom stereocenters. The van der Waals surface area contributed by atoms with Crippen LogP contribution in [0, 0.1) is 10.8 Å². The minimum atomic E-state index is 0.340. The van der Waals surface area contributed by atoms with Crippen molar-refractivity contribution in [1.29, 1.82) is 0 Å². The molecule has 0 bridgehead atoms. The normalized spacial score (nSPS) is 27.8. The molecule has 2 aliphatic rings. The van der Waals surface area contributed by atoms with Crippen molar-refractivity contribution >= 4 is 5.69 Å². The van der Waals surface area contributed by atoms with E-state index >= 15 is 0 Å². The van der Waals surface area contributed by atoms with Crippen LogP contribution in [0.3, 0.4) is 0 Å². The Morgan fingerprint density at radius 2 is 2.05 bits per heavy atom. The zero-order valence-electron chi connectivity index (χ0n) is 13.1. The second-order valence-corrected chi connectivity index (χ2v) is 7.79. The predicted molar refractivity (Wildman–Crippen MR) is 84.5 cm³/mol. The minimum Gasteiger partial charge on any atom is -0.493 e. The molecule has 1 fully saturated rings. The van der Waals surface area contributed by atoms with Gasteiger partial charge in [0.15, 0.2) is 0 Å². The third-order valence-electron chi connectivity index (χ3n) is 4.92. The summed E-state index contributed by atoms with van der Waals surface area (Å²) in [5.41, 5.74) is 3.52. The predicted octanol–water partition coefficient (Wildman–Crippen LogP) is 4.64. The van der Waals surface area contributed by atoms with Gasteiger partial charge in [-0.25, -0.2) is 0 Å². The highest BCUT2D eigenvalue weighted by Gasteiger charge is 2.40. The maximum Gasteiger partial charge on any atom is 0.121 e. The number of rotatable bonds is 3. The van der Waals surface area contributed by atoms with Crippen LogP contribution < -0.4 is 10.1 Å². The van der Waals surface area contributed by atoms with Crippen molar-refractivity contribution in [2.45, 2.75) is 52.9 Å². The van der Waals surface area contributed by atoms with Crippen molar-refractivity contribution in [2.24, 2.45) is 10.8 Å². The summed E-state index contributed by atoms with van der Waals surface area (Å²) in [7, 11) is 0. The number of nitrogens with one attached hydrogen (secondary N) is 1. The highest BCUT2D eigenvalue weighted by molar-refractivity contribution is 5.56. The first-order chi connectivity index (χ1) is 9.46. The summed E-state index contributed by atoms with van der Waals surface area (Å²) in [6.45, 7) is 9.05. The summed E-state index contributed by atoms with van der Waals surface area (Å²) in [5, 5.41) is 3.47. The molecule has 0 spiro atoms. The van der Waals surface area contributed by atoms with E-state index in [0.29, 0.717) is 10.8 Å². The largest absolute Gasteiger partial charge is 0.493 e. The van der Waals surface area contributed by atoms with Crippen molar-refractivity contribution in [2.75, 3.05) is 18.5 Å². The van der Waals surface area contributed by atoms with E-state index in [1.54, 1.807) is 0 Å². The summed E-state index contributed by atoms with van der Waals surface area (Å²) in [4.78, 5) is 0. The van der Waals surface area contributed by atoms with E-state index in [1.807, 2.05) is 0 Å². The van der Waals surface area contributed by atoms with Crippen LogP contribution in [-0.4, -0.2) is 13.2 Å². The van der Waals surface area contributed by atoms with Gasteiger partial charge >= 0.3 is 0 Å². The topological polar surface area (TPSA) is 21.3 Å². The Balaban J connectivity index is 1.64. The van der Waals surface area contributed by atoms with Crippen molar-refractivity contribution in [1.82, 2.24) is 0 Å². The van der Waals surface area contributed by atoms with Gasteiger partial charge < -0.3 is 10.1 Å². The maximum atomic E-state index is 6.11. The summed E-state index contributed by atoms with van der Waals surface area (Å²) < 4.78 is 6.11. The van der Waals surface area contributed by atoms with E-state index in [9.17, 15) is 0 Å². The zero-order chi connectivity index (χ0) is 14.2. The Morgan fingerprint density at radius 1 is 1.20 bits per heavy atom. The van der Waals surface area contributed by atoms with Crippen LogP contribution in [0.2, 0.25) is 0 Å². The average molecular weight is 273 g/mol. The van der Waals surface area contributed by atoms with Gasteiger partial charge in [-0.15, -0.1) is 0 Å². The Hall–Kier alpha value is -1.18. The first-order valence-electron chi connectivity index (χ1n) is 7.96. The minimum absolute atomic E-state index is 0.340. The van der Waals surface area contributed by atoms with E-state index in [4.69, 9.17) is 4.74 Å². The standard InChI is InChI=1S/C18H27NO/c1-17(2)8-9-18(3,12-17)13-20-15-7-6-14-5-4-10-19-16(14)11-15/h6-7,11,19H,4-5,8-10,12-13H2,1-3H3. The number of fused-ring (bicyclic) bond motifs is 1. The van der Waals surface area contributed by atoms with Crippen LogP contribution >= 0.6 is 0 Å². The lowest BCUT2D eigenvalue weighted by molar-refractivity contribution is 0.154. The molecule has 2 heteroatoms. The molecule has 2 nitrogen and oxygen atoms in total. The lowest BCUT2D eigenvalue weighted by atomic mass is 9.84. The summed E-state index contributed by atoms with van der Waals surface area (Å²) >= 11 is 0. The number of anilines is 1. The van der Waals surface area contributed by atoms with Crippen molar-refractivity contribution in [3.05, 3.63) is 23.8 Å². The molecule has 1 aromatic carbocycles. The summed E-state index contributed by atoms with van der Waals surface area (Å²) in [5.74, 6) is 1.02. The van der Waals surface area contributed by atoms with E-state index in [1.165, 1.54) is 43.4 Å². The molecular formula is C18H27NO. The first-order valence-corrected chi connectivity index (χ1v) is 7.96. The van der Waals surface area contributed by atoms with Crippen LogP contribution in [0.4, 0.5) is 5.69 Å². The van der Waals surface area contributed by atoms with Gasteiger partial charge in [-0.2, -0.15) is 0 Å². The molecule has 1 N–H and O–H groups in total. The molecular weight excluding hydrogens is 246 g/mol. The summed E-state index contributed by atoms with van der Waals surface area (Å²) in [6, 6.07) is 6.53. The van der Waals surface area contributed by atoms with Crippen LogP contribution in [0.25, 0.3) is 0 Å². The zero-order valence-corrected chi connectivity index (χ0v) is 13.1. The molecule has 1 heterocycles. The fourth-order valence-corrected chi connectivity index (χ4v) is 3.88. The Bertz CT molecular complexity index is 494. The number of aryl methyl sites for hydroxylation is 1. The quantitative estimate of drug-likeness (QED) is 0.866. The number of hydrogen-bond donors (Lipinski definition) is 1. The van der Waals surface area contributed by atoms with E-state index in [0.717, 1.165) is 18.9 Å². The maximum absolute atomic E-state index is 6.11. The van der Waals surface area contributed by atoms with E-state index in [-0.39, 0.29) is 0 Å². The second kappa shape index (κ2) is 4.98. The molecule has 1 saturated carbocycles. The molecule has 0 saturated heterocycles. The lowest BCUT2D eigenvalue weighted by Gasteiger charge is -2.27. The summed E-state index contributed by atoms with van der Waals surface area (Å²) in [6.07, 6.45) is 6.29. The SMILES string of the molecule is CC1(C)CCC(C)(COc2ccc3c(c2)NCCC3)C1. The molecule has 3 rings (SSSR count). The molecule has 1 aromatic rings. The average Bonchev–Trinajstić information content (AvgIpc) is 2.71. The molecule has 20 heavy (non-hydrogen) atoms. The van der Waals surface area contributed by atoms with Crippen molar-refractivity contribution in [3.63, 3.8) is 0 Å². The van der Waals surface area contributed by atoms with Gasteiger partial charge in [0.05, 0.1) is 6.61 Å². The third-order valence-corrected chi connectivity index (χ3v) is 4.92. The molecule has 0 aromatic heterocycles. The van der Waals surface area contributed by atoms with Gasteiger partial charge in [0, 0.05) is 23.7 Å². The van der Waals surface area contributed by atoms with E-state index < -0.39 is 0 Å². The van der Waals surface area contributed by atoms with Gasteiger partial charge in [-0.1, -0.05) is 26.8 Å². The number of benzene rings is 1. The smallest absolute Gasteiger partial charge is 0.121 e. The molecule has 110 valence electrons. The molecule has 0 radical (unpaired) electrons. The monoisotopic (exact) mass is 273 g/mol. The van der Waals surface area contributed by atoms with Crippen LogP contribution in [0.1, 0.15) is 52.0 Å². The van der Waals surface area contributed by atoms with Crippen LogP contribution in [0.15, 0.2) is 18.2 Å². The third kappa shape index (κ3) is 2.94. The van der Waals surface area contributed by atoms with Gasteiger partial charge in [-0.05, 0) is 49.1 Å². The van der Waals surface area contributed by atoms with E-state index in [2.05, 4.69) is 44.3 Å². The molecule has 1 atom stereocenters. The second-order valence-electron chi connectivity index (χ2n) is 7.79. The van der Waals surface area contributed by atoms with Gasteiger partial charge in [0.2, 0.25) is 0 Å². The fraction of sp³-hybridized carbons (Fsp3) is 0.667. The molecule has 0 amide bonds. The highest BCUT2D eigenvalue weighted by atomic mass is 16.5. The van der Waals surface area contributed by atoms with Gasteiger partial charge in [0.25, 0.3) is 0 Å². The Labute approximate surface area is 122 Å². The lowest BCUT2D eigenvalue weighted by Crippen LogP contribution is -2.23. The first kappa shape index (κ1) is 13.8. The van der Waals surface area contributed by atoms with Crippen molar-refractivity contribution < 1.29 is 4.74 Å². The molecule has 1 aliphatic carbocycles. The molecule has 1 aliphatic heterocycles.